The molecule has 74 valence electrons. The number of rotatable bonds is 3. The third-order valence-corrected chi connectivity index (χ3v) is 2.84. The largest absolute Gasteiger partial charge is 0.390 e. The topological polar surface area (TPSA) is 79.1 Å². The van der Waals surface area contributed by atoms with Crippen molar-refractivity contribution in [1.29, 1.82) is 0 Å². The Hall–Kier alpha value is -0.840. The lowest BCUT2D eigenvalue weighted by Gasteiger charge is -2.33. The second-order valence-electron chi connectivity index (χ2n) is 3.71. The van der Waals surface area contributed by atoms with Crippen LogP contribution in [0.3, 0.4) is 0 Å². The molecule has 5 nitrogen and oxygen atoms in total. The summed E-state index contributed by atoms with van der Waals surface area (Å²) >= 11 is 0. The third kappa shape index (κ3) is 2.09. The van der Waals surface area contributed by atoms with Crippen LogP contribution in [0.1, 0.15) is 19.8 Å². The zero-order valence-corrected chi connectivity index (χ0v) is 7.59. The van der Waals surface area contributed by atoms with Crippen molar-refractivity contribution in [3.05, 3.63) is 9.81 Å². The van der Waals surface area contributed by atoms with E-state index in [1.165, 1.54) is 0 Å². The lowest BCUT2D eigenvalue weighted by Crippen LogP contribution is -2.42. The fourth-order valence-electron chi connectivity index (χ4n) is 1.88. The summed E-state index contributed by atoms with van der Waals surface area (Å²) in [7, 11) is 0. The van der Waals surface area contributed by atoms with E-state index in [9.17, 15) is 14.9 Å². The molecule has 0 radical (unpaired) electrons. The van der Waals surface area contributed by atoms with Gasteiger partial charge in [0.15, 0.2) is 0 Å². The first kappa shape index (κ1) is 10.2. The van der Waals surface area contributed by atoms with Crippen LogP contribution < -0.4 is 0 Å². The zero-order valence-electron chi connectivity index (χ0n) is 7.59. The molecule has 5 heteroatoms. The van der Waals surface area contributed by atoms with Crippen LogP contribution in [-0.4, -0.2) is 23.8 Å². The monoisotopic (exact) mass is 186 g/mol. The van der Waals surface area contributed by atoms with E-state index in [2.05, 4.69) is 10.4 Å². The molecule has 1 N–H and O–H groups in total. The minimum atomic E-state index is -0.710. The highest BCUT2D eigenvalue weighted by atomic mass is 16.3. The standard InChI is InChI=1S/C8H14N2O3/c1-5-2-3-6(4-9-12)7(10-13)8(5)11/h5-8,11H,2-4H2,1H3/t5?,6-,7?,8?/m1/s1. The summed E-state index contributed by atoms with van der Waals surface area (Å²) in [5.41, 5.74) is 0. The van der Waals surface area contributed by atoms with Gasteiger partial charge >= 0.3 is 0 Å². The quantitative estimate of drug-likeness (QED) is 0.674. The molecule has 1 aliphatic carbocycles. The number of hydrogen-bond donors (Lipinski definition) is 1. The molecule has 0 aromatic rings. The number of nitrogens with zero attached hydrogens (tertiary/aromatic N) is 2. The average molecular weight is 186 g/mol. The summed E-state index contributed by atoms with van der Waals surface area (Å²) in [4.78, 5) is 20.5. The molecular formula is C8H14N2O3. The van der Waals surface area contributed by atoms with Crippen LogP contribution in [0.4, 0.5) is 0 Å². The van der Waals surface area contributed by atoms with E-state index in [1.807, 2.05) is 6.92 Å². The number of hydrogen-bond acceptors (Lipinski definition) is 5. The van der Waals surface area contributed by atoms with Gasteiger partial charge in [-0.3, -0.25) is 0 Å². The Morgan fingerprint density at radius 2 is 2.08 bits per heavy atom. The Labute approximate surface area is 76.5 Å². The van der Waals surface area contributed by atoms with E-state index in [0.29, 0.717) is 0 Å². The predicted octanol–water partition coefficient (Wildman–Crippen LogP) is 1.29. The van der Waals surface area contributed by atoms with Crippen LogP contribution in [0.25, 0.3) is 0 Å². The van der Waals surface area contributed by atoms with Gasteiger partial charge in [0.05, 0.1) is 12.6 Å². The van der Waals surface area contributed by atoms with Crippen LogP contribution >= 0.6 is 0 Å². The maximum Gasteiger partial charge on any atom is 0.123 e. The lowest BCUT2D eigenvalue weighted by molar-refractivity contribution is 0.0342. The van der Waals surface area contributed by atoms with Crippen LogP contribution in [-0.2, 0) is 0 Å². The first-order valence-electron chi connectivity index (χ1n) is 4.50. The van der Waals surface area contributed by atoms with E-state index in [0.717, 1.165) is 12.8 Å². The van der Waals surface area contributed by atoms with Crippen molar-refractivity contribution in [2.24, 2.45) is 22.2 Å². The van der Waals surface area contributed by atoms with Gasteiger partial charge in [0.1, 0.15) is 6.04 Å². The van der Waals surface area contributed by atoms with E-state index >= 15 is 0 Å². The van der Waals surface area contributed by atoms with Crippen LogP contribution in [0.15, 0.2) is 10.4 Å². The Morgan fingerprint density at radius 1 is 1.38 bits per heavy atom. The molecule has 3 unspecified atom stereocenters. The van der Waals surface area contributed by atoms with E-state index in [4.69, 9.17) is 0 Å². The summed E-state index contributed by atoms with van der Waals surface area (Å²) in [6, 6.07) is -0.651. The van der Waals surface area contributed by atoms with Crippen molar-refractivity contribution in [2.45, 2.75) is 31.9 Å². The third-order valence-electron chi connectivity index (χ3n) is 2.84. The van der Waals surface area contributed by atoms with Crippen molar-refractivity contribution in [3.8, 4) is 0 Å². The van der Waals surface area contributed by atoms with Crippen molar-refractivity contribution in [3.63, 3.8) is 0 Å². The van der Waals surface area contributed by atoms with Gasteiger partial charge in [-0.25, -0.2) is 0 Å². The second kappa shape index (κ2) is 4.41. The normalized spacial score (nSPS) is 39.8. The van der Waals surface area contributed by atoms with Crippen LogP contribution in [0, 0.1) is 21.6 Å². The van der Waals surface area contributed by atoms with Gasteiger partial charge in [-0.05, 0) is 18.8 Å². The van der Waals surface area contributed by atoms with Gasteiger partial charge in [-0.2, -0.15) is 9.81 Å². The van der Waals surface area contributed by atoms with E-state index in [-0.39, 0.29) is 18.4 Å². The van der Waals surface area contributed by atoms with Gasteiger partial charge in [0.25, 0.3) is 0 Å². The van der Waals surface area contributed by atoms with E-state index in [1.54, 1.807) is 0 Å². The molecule has 0 spiro atoms. The fraction of sp³-hybridized carbons (Fsp3) is 1.00. The highest BCUT2D eigenvalue weighted by Crippen LogP contribution is 2.31. The minimum absolute atomic E-state index is 0.0835. The molecular weight excluding hydrogens is 172 g/mol. The fourth-order valence-corrected chi connectivity index (χ4v) is 1.88. The van der Waals surface area contributed by atoms with Crippen molar-refractivity contribution >= 4 is 0 Å². The zero-order chi connectivity index (χ0) is 9.84. The smallest absolute Gasteiger partial charge is 0.123 e. The molecule has 1 fully saturated rings. The number of aliphatic hydroxyl groups excluding tert-OH is 1. The lowest BCUT2D eigenvalue weighted by atomic mass is 9.77. The molecule has 1 aliphatic rings. The summed E-state index contributed by atoms with van der Waals surface area (Å²) in [6.07, 6.45) is 0.867. The predicted molar refractivity (Wildman–Crippen MR) is 48.1 cm³/mol. The summed E-state index contributed by atoms with van der Waals surface area (Å²) in [5, 5.41) is 15.2. The second-order valence-corrected chi connectivity index (χ2v) is 3.71. The summed E-state index contributed by atoms with van der Waals surface area (Å²) in [5.74, 6) is -0.0770. The van der Waals surface area contributed by atoms with Crippen LogP contribution in [0.5, 0.6) is 0 Å². The molecule has 0 amide bonds. The van der Waals surface area contributed by atoms with Crippen molar-refractivity contribution < 1.29 is 5.11 Å². The van der Waals surface area contributed by atoms with Crippen molar-refractivity contribution in [1.82, 2.24) is 0 Å². The van der Waals surface area contributed by atoms with E-state index < -0.39 is 12.1 Å². The Morgan fingerprint density at radius 3 is 2.62 bits per heavy atom. The van der Waals surface area contributed by atoms with Gasteiger partial charge in [0.2, 0.25) is 0 Å². The highest BCUT2D eigenvalue weighted by molar-refractivity contribution is 4.91. The minimum Gasteiger partial charge on any atom is -0.390 e. The molecule has 0 saturated heterocycles. The Balaban J connectivity index is 2.65. The first-order valence-corrected chi connectivity index (χ1v) is 4.50. The Bertz CT molecular complexity index is 198. The molecule has 1 saturated carbocycles. The van der Waals surface area contributed by atoms with Crippen LogP contribution in [0.2, 0.25) is 0 Å². The molecule has 0 aromatic carbocycles. The SMILES string of the molecule is CC1CC[C@H](CN=O)C(N=O)C1O. The Kier molecular flexibility index (Phi) is 3.48. The number of aliphatic hydroxyl groups is 1. The first-order chi connectivity index (χ1) is 6.20. The van der Waals surface area contributed by atoms with Gasteiger partial charge in [0, 0.05) is 5.92 Å². The molecule has 1 rings (SSSR count). The van der Waals surface area contributed by atoms with Gasteiger partial charge < -0.3 is 5.11 Å². The maximum absolute atomic E-state index is 10.4. The number of nitroso groups, excluding NO2 is 2. The molecule has 13 heavy (non-hydrogen) atoms. The highest BCUT2D eigenvalue weighted by Gasteiger charge is 2.37. The molecule has 0 aliphatic heterocycles. The van der Waals surface area contributed by atoms with Gasteiger partial charge in [-0.1, -0.05) is 17.3 Å². The molecule has 0 heterocycles. The summed E-state index contributed by atoms with van der Waals surface area (Å²) < 4.78 is 0. The van der Waals surface area contributed by atoms with Gasteiger partial charge in [-0.15, -0.1) is 0 Å². The maximum atomic E-state index is 10.4. The summed E-state index contributed by atoms with van der Waals surface area (Å²) in [6.45, 7) is 1.97. The molecule has 0 bridgehead atoms. The van der Waals surface area contributed by atoms with Crippen molar-refractivity contribution in [2.75, 3.05) is 6.54 Å². The molecule has 4 atom stereocenters. The average Bonchev–Trinajstić information content (AvgIpc) is 2.12. The molecule has 0 aromatic heterocycles.